The van der Waals surface area contributed by atoms with Gasteiger partial charge in [0.15, 0.2) is 0 Å². The Hall–Kier alpha value is -0.970. The first-order chi connectivity index (χ1) is 9.36. The number of rotatable bonds is 5. The van der Waals surface area contributed by atoms with Gasteiger partial charge in [-0.1, -0.05) is 25.0 Å². The second-order valence-electron chi connectivity index (χ2n) is 5.21. The number of nitrogens with zero attached hydrogens (tertiary/aromatic N) is 2. The molecule has 3 nitrogen and oxygen atoms in total. The summed E-state index contributed by atoms with van der Waals surface area (Å²) in [7, 11) is 0. The number of hydrogen-bond acceptors (Lipinski definition) is 4. The van der Waals surface area contributed by atoms with Gasteiger partial charge in [-0.25, -0.2) is 4.98 Å². The van der Waals surface area contributed by atoms with Crippen LogP contribution < -0.4 is 0 Å². The molecule has 19 heavy (non-hydrogen) atoms. The summed E-state index contributed by atoms with van der Waals surface area (Å²) in [5, 5.41) is 10.4. The molecule has 1 aliphatic rings. The van der Waals surface area contributed by atoms with Crippen LogP contribution >= 0.6 is 11.3 Å². The monoisotopic (exact) mass is 276 g/mol. The van der Waals surface area contributed by atoms with Crippen LogP contribution in [0.4, 0.5) is 0 Å². The molecule has 0 spiro atoms. The molecule has 1 heterocycles. The minimum Gasteiger partial charge on any atom is -0.395 e. The maximum Gasteiger partial charge on any atom is 0.108 e. The molecule has 102 valence electrons. The minimum atomic E-state index is 0.237. The van der Waals surface area contributed by atoms with Crippen LogP contribution in [0.25, 0.3) is 10.2 Å². The van der Waals surface area contributed by atoms with Crippen molar-refractivity contribution in [1.29, 1.82) is 0 Å². The van der Waals surface area contributed by atoms with E-state index >= 15 is 0 Å². The second-order valence-corrected chi connectivity index (χ2v) is 6.32. The Bertz CT molecular complexity index is 501. The first kappa shape index (κ1) is 13.0. The van der Waals surface area contributed by atoms with Crippen molar-refractivity contribution in [1.82, 2.24) is 9.88 Å². The molecule has 1 saturated carbocycles. The summed E-state index contributed by atoms with van der Waals surface area (Å²) in [4.78, 5) is 7.11. The number of benzene rings is 1. The van der Waals surface area contributed by atoms with Crippen LogP contribution in [-0.4, -0.2) is 34.2 Å². The van der Waals surface area contributed by atoms with E-state index in [-0.39, 0.29) is 6.61 Å². The predicted octanol–water partition coefficient (Wildman–Crippen LogP) is 3.03. The molecule has 3 rings (SSSR count). The lowest BCUT2D eigenvalue weighted by atomic mass is 10.2. The fourth-order valence-corrected chi connectivity index (χ4v) is 3.94. The Balaban J connectivity index is 1.76. The number of para-hydroxylation sites is 1. The van der Waals surface area contributed by atoms with Crippen molar-refractivity contribution >= 4 is 21.6 Å². The van der Waals surface area contributed by atoms with Gasteiger partial charge < -0.3 is 5.11 Å². The smallest absolute Gasteiger partial charge is 0.108 e. The highest BCUT2D eigenvalue weighted by atomic mass is 32.1. The van der Waals surface area contributed by atoms with Gasteiger partial charge in [-0.2, -0.15) is 0 Å². The Morgan fingerprint density at radius 2 is 2.05 bits per heavy atom. The number of aromatic nitrogens is 1. The molecule has 0 unspecified atom stereocenters. The van der Waals surface area contributed by atoms with Gasteiger partial charge in [-0.3, -0.25) is 4.90 Å². The van der Waals surface area contributed by atoms with Crippen LogP contribution in [0.15, 0.2) is 24.3 Å². The van der Waals surface area contributed by atoms with Gasteiger partial charge in [0, 0.05) is 12.6 Å². The molecule has 1 fully saturated rings. The number of hydrogen-bond donors (Lipinski definition) is 1. The van der Waals surface area contributed by atoms with Crippen molar-refractivity contribution in [2.45, 2.75) is 38.3 Å². The highest BCUT2D eigenvalue weighted by Gasteiger charge is 2.23. The maximum atomic E-state index is 9.26. The van der Waals surface area contributed by atoms with Crippen molar-refractivity contribution in [3.8, 4) is 0 Å². The van der Waals surface area contributed by atoms with Gasteiger partial charge >= 0.3 is 0 Å². The van der Waals surface area contributed by atoms with Crippen molar-refractivity contribution < 1.29 is 5.11 Å². The SMILES string of the molecule is OCCN(Cc1nc2ccccc2s1)C1CCCC1. The number of thiazole rings is 1. The van der Waals surface area contributed by atoms with Crippen molar-refractivity contribution in [3.05, 3.63) is 29.3 Å². The third-order valence-corrected chi connectivity index (χ3v) is 4.93. The third kappa shape index (κ3) is 2.96. The summed E-state index contributed by atoms with van der Waals surface area (Å²) in [6.45, 7) is 1.88. The molecule has 0 radical (unpaired) electrons. The van der Waals surface area contributed by atoms with Gasteiger partial charge in [-0.15, -0.1) is 11.3 Å². The number of aliphatic hydroxyl groups excluding tert-OH is 1. The van der Waals surface area contributed by atoms with E-state index in [9.17, 15) is 5.11 Å². The number of fused-ring (bicyclic) bond motifs is 1. The molecular weight excluding hydrogens is 256 g/mol. The van der Waals surface area contributed by atoms with Crippen LogP contribution in [0.3, 0.4) is 0 Å². The highest BCUT2D eigenvalue weighted by molar-refractivity contribution is 7.18. The van der Waals surface area contributed by atoms with E-state index in [0.29, 0.717) is 6.04 Å². The first-order valence-electron chi connectivity index (χ1n) is 7.06. The summed E-state index contributed by atoms with van der Waals surface area (Å²) in [5.41, 5.74) is 1.10. The summed E-state index contributed by atoms with van der Waals surface area (Å²) in [6.07, 6.45) is 5.19. The van der Waals surface area contributed by atoms with Crippen molar-refractivity contribution in [3.63, 3.8) is 0 Å². The predicted molar refractivity (Wildman–Crippen MR) is 79.4 cm³/mol. The lowest BCUT2D eigenvalue weighted by Crippen LogP contribution is -2.35. The number of aliphatic hydroxyl groups is 1. The fraction of sp³-hybridized carbons (Fsp3) is 0.533. The van der Waals surface area contributed by atoms with Crippen LogP contribution in [-0.2, 0) is 6.54 Å². The molecule has 0 aliphatic heterocycles. The summed E-state index contributed by atoms with van der Waals surface area (Å²) in [6, 6.07) is 8.93. The zero-order valence-corrected chi connectivity index (χ0v) is 11.9. The van der Waals surface area contributed by atoms with Crippen LogP contribution in [0, 0.1) is 0 Å². The van der Waals surface area contributed by atoms with Crippen LogP contribution in [0.1, 0.15) is 30.7 Å². The van der Waals surface area contributed by atoms with Gasteiger partial charge in [0.25, 0.3) is 0 Å². The molecular formula is C15H20N2OS. The standard InChI is InChI=1S/C15H20N2OS/c18-10-9-17(12-5-1-2-6-12)11-15-16-13-7-3-4-8-14(13)19-15/h3-4,7-8,12,18H,1-2,5-6,9-11H2. The molecule has 0 saturated heterocycles. The maximum absolute atomic E-state index is 9.26. The van der Waals surface area contributed by atoms with Gasteiger partial charge in [-0.05, 0) is 25.0 Å². The van der Waals surface area contributed by atoms with E-state index < -0.39 is 0 Å². The highest BCUT2D eigenvalue weighted by Crippen LogP contribution is 2.27. The Morgan fingerprint density at radius 3 is 2.79 bits per heavy atom. The minimum absolute atomic E-state index is 0.237. The molecule has 1 aliphatic carbocycles. The molecule has 4 heteroatoms. The molecule has 1 aromatic carbocycles. The molecule has 2 aromatic rings. The van der Waals surface area contributed by atoms with Gasteiger partial charge in [0.1, 0.15) is 5.01 Å². The molecule has 1 N–H and O–H groups in total. The quantitative estimate of drug-likeness (QED) is 0.912. The van der Waals surface area contributed by atoms with Crippen LogP contribution in [0.2, 0.25) is 0 Å². The van der Waals surface area contributed by atoms with Gasteiger partial charge in [0.2, 0.25) is 0 Å². The summed E-state index contributed by atoms with van der Waals surface area (Å²) >= 11 is 1.78. The van der Waals surface area contributed by atoms with E-state index in [4.69, 9.17) is 4.98 Å². The zero-order chi connectivity index (χ0) is 13.1. The Morgan fingerprint density at radius 1 is 1.26 bits per heavy atom. The van der Waals surface area contributed by atoms with E-state index in [2.05, 4.69) is 23.1 Å². The van der Waals surface area contributed by atoms with E-state index in [1.165, 1.54) is 35.4 Å². The Kier molecular flexibility index (Phi) is 4.11. The van der Waals surface area contributed by atoms with E-state index in [1.54, 1.807) is 11.3 Å². The topological polar surface area (TPSA) is 36.4 Å². The molecule has 0 bridgehead atoms. The van der Waals surface area contributed by atoms with Crippen LogP contribution in [0.5, 0.6) is 0 Å². The Labute approximate surface area is 117 Å². The molecule has 0 atom stereocenters. The zero-order valence-electron chi connectivity index (χ0n) is 11.1. The lowest BCUT2D eigenvalue weighted by molar-refractivity contribution is 0.145. The van der Waals surface area contributed by atoms with Crippen molar-refractivity contribution in [2.24, 2.45) is 0 Å². The summed E-state index contributed by atoms with van der Waals surface area (Å²) in [5.74, 6) is 0. The average Bonchev–Trinajstić information content (AvgIpc) is 3.07. The summed E-state index contributed by atoms with van der Waals surface area (Å²) < 4.78 is 1.26. The van der Waals surface area contributed by atoms with Crippen molar-refractivity contribution in [2.75, 3.05) is 13.2 Å². The van der Waals surface area contributed by atoms with E-state index in [1.807, 2.05) is 6.07 Å². The lowest BCUT2D eigenvalue weighted by Gasteiger charge is -2.26. The normalized spacial score (nSPS) is 16.7. The van der Waals surface area contributed by atoms with E-state index in [0.717, 1.165) is 18.6 Å². The third-order valence-electron chi connectivity index (χ3n) is 3.90. The first-order valence-corrected chi connectivity index (χ1v) is 7.88. The molecule has 1 aromatic heterocycles. The van der Waals surface area contributed by atoms with Gasteiger partial charge in [0.05, 0.1) is 23.4 Å². The fourth-order valence-electron chi connectivity index (χ4n) is 2.95. The largest absolute Gasteiger partial charge is 0.395 e. The second kappa shape index (κ2) is 5.99. The molecule has 0 amide bonds. The average molecular weight is 276 g/mol.